The molecule has 1 aromatic rings. The Morgan fingerprint density at radius 1 is 1.44 bits per heavy atom. The monoisotopic (exact) mass is 252 g/mol. The number of aliphatic hydroxyl groups is 1. The Balaban J connectivity index is 1.89. The molecule has 0 aromatic carbocycles. The zero-order valence-electron chi connectivity index (χ0n) is 11.4. The zero-order chi connectivity index (χ0) is 13.0. The molecule has 1 N–H and O–H groups in total. The lowest BCUT2D eigenvalue weighted by Gasteiger charge is -2.39. The highest BCUT2D eigenvalue weighted by Gasteiger charge is 2.23. The van der Waals surface area contributed by atoms with Crippen LogP contribution in [0.1, 0.15) is 18.9 Å². The van der Waals surface area contributed by atoms with Gasteiger partial charge < -0.3 is 10.0 Å². The van der Waals surface area contributed by atoms with Crippen LogP contribution in [0.2, 0.25) is 0 Å². The van der Waals surface area contributed by atoms with Crippen molar-refractivity contribution in [2.45, 2.75) is 32.5 Å². The highest BCUT2D eigenvalue weighted by atomic mass is 16.3. The molecule has 1 aliphatic rings. The van der Waals surface area contributed by atoms with Crippen LogP contribution in [0, 0.1) is 0 Å². The molecule has 1 aliphatic heterocycles. The van der Waals surface area contributed by atoms with Crippen molar-refractivity contribution in [3.8, 4) is 0 Å². The van der Waals surface area contributed by atoms with Crippen molar-refractivity contribution < 1.29 is 5.11 Å². The van der Waals surface area contributed by atoms with E-state index in [0.717, 1.165) is 39.1 Å². The summed E-state index contributed by atoms with van der Waals surface area (Å²) in [7, 11) is 2.15. The first-order valence-electron chi connectivity index (χ1n) is 6.77. The van der Waals surface area contributed by atoms with Crippen LogP contribution in [0.4, 0.5) is 0 Å². The SMILES string of the molecule is CCn1cc(CN2CCN(C)[C@H](CCO)C2)cn1. The lowest BCUT2D eigenvalue weighted by atomic mass is 10.1. The summed E-state index contributed by atoms with van der Waals surface area (Å²) < 4.78 is 1.97. The second-order valence-electron chi connectivity index (χ2n) is 5.09. The number of aromatic nitrogens is 2. The van der Waals surface area contributed by atoms with Crippen molar-refractivity contribution >= 4 is 0 Å². The molecule has 5 heteroatoms. The summed E-state index contributed by atoms with van der Waals surface area (Å²) in [5.74, 6) is 0. The molecule has 2 heterocycles. The maximum atomic E-state index is 9.09. The molecule has 5 nitrogen and oxygen atoms in total. The Labute approximate surface area is 109 Å². The Morgan fingerprint density at radius 3 is 2.94 bits per heavy atom. The van der Waals surface area contributed by atoms with Crippen LogP contribution in [0.25, 0.3) is 0 Å². The van der Waals surface area contributed by atoms with Gasteiger partial charge in [-0.3, -0.25) is 9.58 Å². The minimum atomic E-state index is 0.274. The van der Waals surface area contributed by atoms with Gasteiger partial charge in [-0.25, -0.2) is 0 Å². The Hall–Kier alpha value is -0.910. The van der Waals surface area contributed by atoms with Crippen molar-refractivity contribution in [2.24, 2.45) is 0 Å². The van der Waals surface area contributed by atoms with E-state index in [4.69, 9.17) is 5.11 Å². The zero-order valence-corrected chi connectivity index (χ0v) is 11.4. The third-order valence-electron chi connectivity index (χ3n) is 3.74. The number of rotatable bonds is 5. The summed E-state index contributed by atoms with van der Waals surface area (Å²) in [6, 6.07) is 0.477. The second-order valence-corrected chi connectivity index (χ2v) is 5.09. The van der Waals surface area contributed by atoms with E-state index in [1.807, 2.05) is 10.9 Å². The fourth-order valence-corrected chi connectivity index (χ4v) is 2.53. The summed E-state index contributed by atoms with van der Waals surface area (Å²) in [5.41, 5.74) is 1.28. The molecule has 18 heavy (non-hydrogen) atoms. The topological polar surface area (TPSA) is 44.5 Å². The van der Waals surface area contributed by atoms with Crippen molar-refractivity contribution in [1.29, 1.82) is 0 Å². The van der Waals surface area contributed by atoms with Gasteiger partial charge in [-0.05, 0) is 20.4 Å². The molecule has 102 valence electrons. The lowest BCUT2D eigenvalue weighted by Crippen LogP contribution is -2.51. The van der Waals surface area contributed by atoms with E-state index in [1.54, 1.807) is 0 Å². The van der Waals surface area contributed by atoms with Gasteiger partial charge in [0.1, 0.15) is 0 Å². The van der Waals surface area contributed by atoms with Crippen molar-refractivity contribution in [2.75, 3.05) is 33.3 Å². The molecular formula is C13H24N4O. The van der Waals surface area contributed by atoms with E-state index < -0.39 is 0 Å². The third kappa shape index (κ3) is 3.31. The molecule has 0 bridgehead atoms. The highest BCUT2D eigenvalue weighted by molar-refractivity contribution is 5.04. The summed E-state index contributed by atoms with van der Waals surface area (Å²) in [6.45, 7) is 7.48. The van der Waals surface area contributed by atoms with E-state index in [2.05, 4.69) is 35.1 Å². The molecule has 0 aliphatic carbocycles. The smallest absolute Gasteiger partial charge is 0.0534 e. The fourth-order valence-electron chi connectivity index (χ4n) is 2.53. The van der Waals surface area contributed by atoms with Crippen LogP contribution in [0.15, 0.2) is 12.4 Å². The molecule has 0 spiro atoms. The summed E-state index contributed by atoms with van der Waals surface area (Å²) >= 11 is 0. The van der Waals surface area contributed by atoms with Gasteiger partial charge in [0.05, 0.1) is 6.20 Å². The van der Waals surface area contributed by atoms with Gasteiger partial charge in [0.2, 0.25) is 0 Å². The maximum absolute atomic E-state index is 9.09. The average Bonchev–Trinajstić information content (AvgIpc) is 2.81. The number of nitrogens with zero attached hydrogens (tertiary/aromatic N) is 4. The van der Waals surface area contributed by atoms with Gasteiger partial charge >= 0.3 is 0 Å². The van der Waals surface area contributed by atoms with Gasteiger partial charge in [0.15, 0.2) is 0 Å². The molecule has 1 atom stereocenters. The first-order chi connectivity index (χ1) is 8.72. The number of aryl methyl sites for hydroxylation is 1. The molecule has 2 rings (SSSR count). The van der Waals surface area contributed by atoms with Gasteiger partial charge in [-0.1, -0.05) is 0 Å². The Bertz CT molecular complexity index is 366. The normalized spacial score (nSPS) is 22.5. The number of hydrogen-bond donors (Lipinski definition) is 1. The van der Waals surface area contributed by atoms with Crippen LogP contribution >= 0.6 is 0 Å². The Morgan fingerprint density at radius 2 is 2.28 bits per heavy atom. The van der Waals surface area contributed by atoms with E-state index in [9.17, 15) is 0 Å². The fraction of sp³-hybridized carbons (Fsp3) is 0.769. The molecule has 0 amide bonds. The van der Waals surface area contributed by atoms with Gasteiger partial charge in [-0.15, -0.1) is 0 Å². The van der Waals surface area contributed by atoms with Gasteiger partial charge in [-0.2, -0.15) is 5.10 Å². The van der Waals surface area contributed by atoms with Gasteiger partial charge in [0, 0.05) is 57.1 Å². The third-order valence-corrected chi connectivity index (χ3v) is 3.74. The molecule has 0 radical (unpaired) electrons. The summed E-state index contributed by atoms with van der Waals surface area (Å²) in [4.78, 5) is 4.81. The summed E-state index contributed by atoms with van der Waals surface area (Å²) in [6.07, 6.45) is 4.95. The van der Waals surface area contributed by atoms with Crippen LogP contribution in [0.5, 0.6) is 0 Å². The minimum absolute atomic E-state index is 0.274. The lowest BCUT2D eigenvalue weighted by molar-refractivity contribution is 0.0743. The first kappa shape index (κ1) is 13.5. The number of likely N-dealkylation sites (N-methyl/N-ethyl adjacent to an activating group) is 1. The van der Waals surface area contributed by atoms with Crippen LogP contribution in [0.3, 0.4) is 0 Å². The quantitative estimate of drug-likeness (QED) is 0.824. The molecule has 0 unspecified atom stereocenters. The molecule has 1 aromatic heterocycles. The number of aliphatic hydroxyl groups excluding tert-OH is 1. The van der Waals surface area contributed by atoms with E-state index >= 15 is 0 Å². The largest absolute Gasteiger partial charge is 0.396 e. The van der Waals surface area contributed by atoms with E-state index in [1.165, 1.54) is 5.56 Å². The Kier molecular flexibility index (Phi) is 4.74. The van der Waals surface area contributed by atoms with Gasteiger partial charge in [0.25, 0.3) is 0 Å². The van der Waals surface area contributed by atoms with E-state index in [0.29, 0.717) is 6.04 Å². The number of hydrogen-bond acceptors (Lipinski definition) is 4. The molecular weight excluding hydrogens is 228 g/mol. The number of piperazine rings is 1. The van der Waals surface area contributed by atoms with E-state index in [-0.39, 0.29) is 6.61 Å². The maximum Gasteiger partial charge on any atom is 0.0534 e. The predicted molar refractivity (Wildman–Crippen MR) is 71.3 cm³/mol. The van der Waals surface area contributed by atoms with Crippen molar-refractivity contribution in [3.05, 3.63) is 18.0 Å². The average molecular weight is 252 g/mol. The standard InChI is InChI=1S/C13H24N4O/c1-3-17-10-12(8-14-17)9-16-6-5-15(2)13(11-16)4-7-18/h8,10,13,18H,3-7,9,11H2,1-2H3/t13-/m1/s1. The van der Waals surface area contributed by atoms with Crippen LogP contribution in [-0.2, 0) is 13.1 Å². The first-order valence-corrected chi connectivity index (χ1v) is 6.77. The van der Waals surface area contributed by atoms with Crippen molar-refractivity contribution in [3.63, 3.8) is 0 Å². The highest BCUT2D eigenvalue weighted by Crippen LogP contribution is 2.13. The molecule has 1 fully saturated rings. The molecule has 1 saturated heterocycles. The van der Waals surface area contributed by atoms with Crippen LogP contribution < -0.4 is 0 Å². The van der Waals surface area contributed by atoms with Crippen LogP contribution in [-0.4, -0.2) is 64.0 Å². The van der Waals surface area contributed by atoms with Crippen molar-refractivity contribution in [1.82, 2.24) is 19.6 Å². The summed E-state index contributed by atoms with van der Waals surface area (Å²) in [5, 5.41) is 13.4. The molecule has 0 saturated carbocycles. The predicted octanol–water partition coefficient (Wildman–Crippen LogP) is 0.401. The second kappa shape index (κ2) is 6.31. The minimum Gasteiger partial charge on any atom is -0.396 e.